The minimum absolute atomic E-state index is 0.0738. The van der Waals surface area contributed by atoms with E-state index in [-0.39, 0.29) is 11.8 Å². The van der Waals surface area contributed by atoms with Gasteiger partial charge in [-0.25, -0.2) is 0 Å². The Hall–Kier alpha value is -3.39. The van der Waals surface area contributed by atoms with E-state index in [0.29, 0.717) is 6.42 Å². The topological polar surface area (TPSA) is 29.1 Å². The highest BCUT2D eigenvalue weighted by molar-refractivity contribution is 6.01. The third kappa shape index (κ3) is 2.80. The van der Waals surface area contributed by atoms with Gasteiger partial charge in [-0.1, -0.05) is 84.9 Å². The summed E-state index contributed by atoms with van der Waals surface area (Å²) in [7, 11) is 0. The molecule has 1 aliphatic heterocycles. The zero-order chi connectivity index (χ0) is 18.2. The van der Waals surface area contributed by atoms with E-state index in [1.165, 1.54) is 33.0 Å². The highest BCUT2D eigenvalue weighted by Crippen LogP contribution is 2.41. The summed E-state index contributed by atoms with van der Waals surface area (Å²) in [4.78, 5) is 12.3. The number of amides is 1. The summed E-state index contributed by atoms with van der Waals surface area (Å²) in [6.07, 6.45) is 0.478. The number of benzene rings is 4. The molecule has 0 aliphatic carbocycles. The summed E-state index contributed by atoms with van der Waals surface area (Å²) >= 11 is 0. The van der Waals surface area contributed by atoms with E-state index in [0.717, 1.165) is 5.69 Å². The lowest BCUT2D eigenvalue weighted by atomic mass is 9.81. The van der Waals surface area contributed by atoms with Gasteiger partial charge in [0.1, 0.15) is 0 Å². The van der Waals surface area contributed by atoms with Crippen LogP contribution in [-0.2, 0) is 4.79 Å². The summed E-state index contributed by atoms with van der Waals surface area (Å²) in [5, 5.41) is 5.47. The largest absolute Gasteiger partial charge is 0.326 e. The van der Waals surface area contributed by atoms with Crippen molar-refractivity contribution in [2.75, 3.05) is 5.32 Å². The van der Waals surface area contributed by atoms with Crippen molar-refractivity contribution in [3.63, 3.8) is 0 Å². The van der Waals surface area contributed by atoms with Crippen molar-refractivity contribution < 1.29 is 4.79 Å². The Morgan fingerprint density at radius 3 is 2.22 bits per heavy atom. The van der Waals surface area contributed by atoms with Gasteiger partial charge in [-0.3, -0.25) is 4.79 Å². The number of rotatable bonds is 2. The predicted molar refractivity (Wildman–Crippen MR) is 111 cm³/mol. The van der Waals surface area contributed by atoms with Gasteiger partial charge in [-0.05, 0) is 39.1 Å². The molecule has 0 saturated heterocycles. The van der Waals surface area contributed by atoms with E-state index in [9.17, 15) is 4.79 Å². The number of anilines is 1. The maximum absolute atomic E-state index is 12.3. The quantitative estimate of drug-likeness (QED) is 0.474. The third-order valence-corrected chi connectivity index (χ3v) is 5.40. The van der Waals surface area contributed by atoms with Gasteiger partial charge >= 0.3 is 0 Å². The second-order valence-corrected chi connectivity index (χ2v) is 7.04. The lowest BCUT2D eigenvalue weighted by molar-refractivity contribution is -0.116. The van der Waals surface area contributed by atoms with Crippen LogP contribution in [0, 0.1) is 0 Å². The molecule has 2 heteroatoms. The van der Waals surface area contributed by atoms with Gasteiger partial charge in [0.25, 0.3) is 0 Å². The second kappa shape index (κ2) is 6.40. The zero-order valence-electron chi connectivity index (χ0n) is 14.9. The van der Waals surface area contributed by atoms with Crippen molar-refractivity contribution in [3.8, 4) is 11.1 Å². The van der Waals surface area contributed by atoms with Crippen LogP contribution in [0.5, 0.6) is 0 Å². The summed E-state index contributed by atoms with van der Waals surface area (Å²) < 4.78 is 0. The Morgan fingerprint density at radius 2 is 1.41 bits per heavy atom. The molecule has 130 valence electrons. The Kier molecular flexibility index (Phi) is 3.75. The highest BCUT2D eigenvalue weighted by atomic mass is 16.1. The monoisotopic (exact) mass is 349 g/mol. The Morgan fingerprint density at radius 1 is 0.704 bits per heavy atom. The van der Waals surface area contributed by atoms with Gasteiger partial charge in [0.15, 0.2) is 0 Å². The first-order valence-electron chi connectivity index (χ1n) is 9.26. The first-order chi connectivity index (χ1) is 13.3. The molecule has 27 heavy (non-hydrogen) atoms. The van der Waals surface area contributed by atoms with Crippen molar-refractivity contribution in [3.05, 3.63) is 102 Å². The number of carbonyl (C=O) groups excluding carboxylic acids is 1. The predicted octanol–water partition coefficient (Wildman–Crippen LogP) is 5.98. The van der Waals surface area contributed by atoms with Gasteiger partial charge < -0.3 is 5.32 Å². The summed E-state index contributed by atoms with van der Waals surface area (Å²) in [6.45, 7) is 0. The van der Waals surface area contributed by atoms with Gasteiger partial charge in [-0.15, -0.1) is 0 Å². The molecule has 0 radical (unpaired) electrons. The molecule has 4 aromatic carbocycles. The fourth-order valence-corrected chi connectivity index (χ4v) is 4.09. The molecule has 1 aliphatic rings. The van der Waals surface area contributed by atoms with Gasteiger partial charge in [0, 0.05) is 18.0 Å². The van der Waals surface area contributed by atoms with E-state index in [1.54, 1.807) is 0 Å². The van der Waals surface area contributed by atoms with Crippen LogP contribution in [0.25, 0.3) is 21.9 Å². The van der Waals surface area contributed by atoms with Crippen LogP contribution in [0.3, 0.4) is 0 Å². The van der Waals surface area contributed by atoms with Gasteiger partial charge in [-0.2, -0.15) is 0 Å². The first-order valence-corrected chi connectivity index (χ1v) is 9.26. The smallest absolute Gasteiger partial charge is 0.225 e. The molecule has 2 nitrogen and oxygen atoms in total. The minimum atomic E-state index is 0.0738. The number of hydrogen-bond acceptors (Lipinski definition) is 1. The number of hydrogen-bond donors (Lipinski definition) is 1. The lowest BCUT2D eigenvalue weighted by Gasteiger charge is -2.27. The van der Waals surface area contributed by atoms with Crippen LogP contribution in [-0.4, -0.2) is 5.91 Å². The molecule has 0 aromatic heterocycles. The maximum atomic E-state index is 12.3. The Balaban J connectivity index is 1.62. The molecule has 1 atom stereocenters. The first kappa shape index (κ1) is 15.8. The molecule has 5 rings (SSSR count). The van der Waals surface area contributed by atoms with Crippen LogP contribution in [0.1, 0.15) is 23.5 Å². The fraction of sp³-hybridized carbons (Fsp3) is 0.0800. The number of nitrogens with one attached hydrogen (secondary N) is 1. The van der Waals surface area contributed by atoms with E-state index >= 15 is 0 Å². The van der Waals surface area contributed by atoms with Gasteiger partial charge in [0.05, 0.1) is 0 Å². The Labute approximate surface area is 158 Å². The number of carbonyl (C=O) groups is 1. The summed E-state index contributed by atoms with van der Waals surface area (Å²) in [5.74, 6) is 0.152. The molecule has 1 N–H and O–H groups in total. The van der Waals surface area contributed by atoms with Gasteiger partial charge in [0.2, 0.25) is 5.91 Å². The van der Waals surface area contributed by atoms with E-state index in [4.69, 9.17) is 0 Å². The average Bonchev–Trinajstić information content (AvgIpc) is 2.73. The van der Waals surface area contributed by atoms with E-state index in [1.807, 2.05) is 12.1 Å². The SMILES string of the molecule is O=C1CC(c2ccc(-c3ccccc3)cc2)c2c(ccc3ccccc23)N1. The third-order valence-electron chi connectivity index (χ3n) is 5.40. The fourth-order valence-electron chi connectivity index (χ4n) is 4.09. The molecule has 1 amide bonds. The summed E-state index contributed by atoms with van der Waals surface area (Å²) in [5.41, 5.74) is 5.73. The van der Waals surface area contributed by atoms with Crippen molar-refractivity contribution >= 4 is 22.4 Å². The molecule has 0 spiro atoms. The average molecular weight is 349 g/mol. The standard InChI is InChI=1S/C25H19NO/c27-24-16-22(20-12-10-18(11-13-20)17-6-2-1-3-7-17)25-21-9-5-4-8-19(21)14-15-23(25)26-24/h1-15,22H,16H2,(H,26,27). The van der Waals surface area contributed by atoms with Crippen molar-refractivity contribution in [1.82, 2.24) is 0 Å². The van der Waals surface area contributed by atoms with E-state index < -0.39 is 0 Å². The molecular weight excluding hydrogens is 330 g/mol. The van der Waals surface area contributed by atoms with Crippen LogP contribution >= 0.6 is 0 Å². The zero-order valence-corrected chi connectivity index (χ0v) is 14.9. The highest BCUT2D eigenvalue weighted by Gasteiger charge is 2.28. The summed E-state index contributed by atoms with van der Waals surface area (Å²) in [6, 6.07) is 31.5. The van der Waals surface area contributed by atoms with Crippen molar-refractivity contribution in [2.24, 2.45) is 0 Å². The molecular formula is C25H19NO. The van der Waals surface area contributed by atoms with Crippen molar-refractivity contribution in [2.45, 2.75) is 12.3 Å². The Bertz CT molecular complexity index is 1130. The normalized spacial score (nSPS) is 16.0. The molecule has 1 heterocycles. The second-order valence-electron chi connectivity index (χ2n) is 7.04. The molecule has 0 bridgehead atoms. The maximum Gasteiger partial charge on any atom is 0.225 e. The van der Waals surface area contributed by atoms with Crippen LogP contribution < -0.4 is 5.32 Å². The van der Waals surface area contributed by atoms with Crippen LogP contribution in [0.4, 0.5) is 5.69 Å². The number of fused-ring (bicyclic) bond motifs is 3. The molecule has 4 aromatic rings. The molecule has 1 unspecified atom stereocenters. The van der Waals surface area contributed by atoms with Crippen molar-refractivity contribution in [1.29, 1.82) is 0 Å². The van der Waals surface area contributed by atoms with E-state index in [2.05, 4.69) is 84.2 Å². The molecule has 0 saturated carbocycles. The lowest BCUT2D eigenvalue weighted by Crippen LogP contribution is -2.23. The van der Waals surface area contributed by atoms with Crippen LogP contribution in [0.15, 0.2) is 91.0 Å². The minimum Gasteiger partial charge on any atom is -0.326 e. The molecule has 0 fully saturated rings. The van der Waals surface area contributed by atoms with Crippen LogP contribution in [0.2, 0.25) is 0 Å².